The van der Waals surface area contributed by atoms with Crippen LogP contribution in [0.15, 0.2) is 36.9 Å². The zero-order chi connectivity index (χ0) is 14.8. The number of ketones is 1. The maximum absolute atomic E-state index is 12.7. The third-order valence-electron chi connectivity index (χ3n) is 3.49. The summed E-state index contributed by atoms with van der Waals surface area (Å²) in [7, 11) is 0. The van der Waals surface area contributed by atoms with Gasteiger partial charge in [-0.05, 0) is 24.8 Å². The van der Waals surface area contributed by atoms with Crippen LogP contribution in [0.1, 0.15) is 35.2 Å². The van der Waals surface area contributed by atoms with E-state index in [9.17, 15) is 18.0 Å². The quantitative estimate of drug-likeness (QED) is 0.618. The molecule has 1 unspecified atom stereocenters. The van der Waals surface area contributed by atoms with Crippen LogP contribution in [0.2, 0.25) is 0 Å². The molecule has 0 spiro atoms. The average Bonchev–Trinajstić information content (AvgIpc) is 2.48. The summed E-state index contributed by atoms with van der Waals surface area (Å²) in [6, 6.07) is 6.75. The van der Waals surface area contributed by atoms with Crippen LogP contribution in [-0.2, 0) is 11.2 Å². The number of hydrogen-bond donors (Lipinski definition) is 0. The molecular formula is C15H15F3O2. The van der Waals surface area contributed by atoms with Crippen molar-refractivity contribution in [3.05, 3.63) is 48.0 Å². The molecule has 1 aliphatic rings. The molecule has 1 aliphatic carbocycles. The number of fused-ring (bicyclic) bond motifs is 1. The summed E-state index contributed by atoms with van der Waals surface area (Å²) >= 11 is 0. The molecule has 0 bridgehead atoms. The fourth-order valence-corrected chi connectivity index (χ4v) is 2.67. The van der Waals surface area contributed by atoms with E-state index in [4.69, 9.17) is 0 Å². The molecule has 1 aromatic rings. The van der Waals surface area contributed by atoms with Gasteiger partial charge in [-0.15, -0.1) is 19.8 Å². The van der Waals surface area contributed by atoms with Gasteiger partial charge in [0, 0.05) is 12.0 Å². The molecule has 2 rings (SSSR count). The maximum Gasteiger partial charge on any atom is 0.523 e. The molecule has 1 aromatic carbocycles. The van der Waals surface area contributed by atoms with Crippen molar-refractivity contribution in [2.45, 2.75) is 37.6 Å². The molecule has 0 saturated heterocycles. The Bertz CT molecular complexity index is 522. The molecule has 0 radical (unpaired) electrons. The zero-order valence-electron chi connectivity index (χ0n) is 10.9. The van der Waals surface area contributed by atoms with Crippen LogP contribution in [0.3, 0.4) is 0 Å². The lowest BCUT2D eigenvalue weighted by Gasteiger charge is -2.31. The van der Waals surface area contributed by atoms with E-state index >= 15 is 0 Å². The van der Waals surface area contributed by atoms with Gasteiger partial charge in [0.15, 0.2) is 5.78 Å². The fraction of sp³-hybridized carbons (Fsp3) is 0.400. The van der Waals surface area contributed by atoms with Gasteiger partial charge in [0.1, 0.15) is 5.60 Å². The molecule has 5 heteroatoms. The van der Waals surface area contributed by atoms with Crippen molar-refractivity contribution in [3.8, 4) is 0 Å². The van der Waals surface area contributed by atoms with E-state index in [2.05, 4.69) is 11.3 Å². The Morgan fingerprint density at radius 1 is 1.35 bits per heavy atom. The Labute approximate surface area is 115 Å². The molecule has 20 heavy (non-hydrogen) atoms. The van der Waals surface area contributed by atoms with E-state index in [0.717, 1.165) is 5.56 Å². The minimum atomic E-state index is -4.85. The van der Waals surface area contributed by atoms with Crippen LogP contribution in [0.25, 0.3) is 0 Å². The summed E-state index contributed by atoms with van der Waals surface area (Å²) in [5, 5.41) is 0. The highest BCUT2D eigenvalue weighted by molar-refractivity contribution is 6.04. The summed E-state index contributed by atoms with van der Waals surface area (Å²) in [5.74, 6) is -0.608. The summed E-state index contributed by atoms with van der Waals surface area (Å²) in [4.78, 5) is 12.6. The Morgan fingerprint density at radius 2 is 2.05 bits per heavy atom. The Kier molecular flexibility index (Phi) is 3.99. The van der Waals surface area contributed by atoms with Crippen molar-refractivity contribution < 1.29 is 22.7 Å². The van der Waals surface area contributed by atoms with E-state index < -0.39 is 17.7 Å². The summed E-state index contributed by atoms with van der Waals surface area (Å²) in [6.45, 7) is 3.45. The highest BCUT2D eigenvalue weighted by Gasteiger charge is 2.49. The topological polar surface area (TPSA) is 26.3 Å². The lowest BCUT2D eigenvalue weighted by molar-refractivity contribution is -0.356. The van der Waals surface area contributed by atoms with Gasteiger partial charge >= 0.3 is 6.36 Å². The molecular weight excluding hydrogens is 269 g/mol. The van der Waals surface area contributed by atoms with Crippen molar-refractivity contribution in [3.63, 3.8) is 0 Å². The van der Waals surface area contributed by atoms with Gasteiger partial charge in [0.25, 0.3) is 0 Å². The lowest BCUT2D eigenvalue weighted by atomic mass is 9.87. The van der Waals surface area contributed by atoms with Gasteiger partial charge in [0.05, 0.1) is 0 Å². The zero-order valence-corrected chi connectivity index (χ0v) is 10.9. The third-order valence-corrected chi connectivity index (χ3v) is 3.49. The predicted octanol–water partition coefficient (Wildman–Crippen LogP) is 4.06. The second-order valence-electron chi connectivity index (χ2n) is 4.87. The largest absolute Gasteiger partial charge is 0.523 e. The van der Waals surface area contributed by atoms with Crippen LogP contribution in [0, 0.1) is 0 Å². The number of carbonyl (C=O) groups excluding carboxylic acids is 1. The predicted molar refractivity (Wildman–Crippen MR) is 68.4 cm³/mol. The molecule has 0 saturated carbocycles. The number of Topliss-reactive ketones (excluding diaryl/α,β-unsaturated/α-hetero) is 1. The third kappa shape index (κ3) is 2.93. The van der Waals surface area contributed by atoms with E-state index in [1.807, 2.05) is 0 Å². The SMILES string of the molecule is C=CCC1(OC(F)(F)F)CCCc2ccccc2C1=O. The molecule has 0 amide bonds. The first kappa shape index (κ1) is 14.8. The van der Waals surface area contributed by atoms with Gasteiger partial charge in [-0.2, -0.15) is 0 Å². The van der Waals surface area contributed by atoms with Crippen molar-refractivity contribution in [2.24, 2.45) is 0 Å². The fourth-order valence-electron chi connectivity index (χ4n) is 2.67. The second-order valence-corrected chi connectivity index (χ2v) is 4.87. The number of aryl methyl sites for hydroxylation is 1. The highest BCUT2D eigenvalue weighted by atomic mass is 19.4. The number of benzene rings is 1. The smallest absolute Gasteiger partial charge is 0.291 e. The van der Waals surface area contributed by atoms with Crippen LogP contribution in [-0.4, -0.2) is 17.7 Å². The van der Waals surface area contributed by atoms with E-state index in [1.54, 1.807) is 24.3 Å². The summed E-state index contributed by atoms with van der Waals surface area (Å²) in [6.07, 6.45) is -2.63. The van der Waals surface area contributed by atoms with Gasteiger partial charge in [0.2, 0.25) is 0 Å². The average molecular weight is 284 g/mol. The van der Waals surface area contributed by atoms with Crippen molar-refractivity contribution >= 4 is 5.78 Å². The van der Waals surface area contributed by atoms with Crippen LogP contribution >= 0.6 is 0 Å². The standard InChI is InChI=1S/C15H15F3O2/c1-2-9-14(20-15(16,17)18)10-5-7-11-6-3-4-8-12(11)13(14)19/h2-4,6,8H,1,5,7,9-10H2. The number of halogens is 3. The minimum absolute atomic E-state index is 0.0338. The highest BCUT2D eigenvalue weighted by Crippen LogP contribution is 2.38. The first-order valence-corrected chi connectivity index (χ1v) is 6.38. The Morgan fingerprint density at radius 3 is 2.70 bits per heavy atom. The number of rotatable bonds is 3. The van der Waals surface area contributed by atoms with Crippen molar-refractivity contribution in [1.82, 2.24) is 0 Å². The molecule has 0 aliphatic heterocycles. The molecule has 2 nitrogen and oxygen atoms in total. The molecule has 0 N–H and O–H groups in total. The molecule has 108 valence electrons. The lowest BCUT2D eigenvalue weighted by Crippen LogP contribution is -2.45. The van der Waals surface area contributed by atoms with E-state index in [0.29, 0.717) is 18.4 Å². The monoisotopic (exact) mass is 284 g/mol. The van der Waals surface area contributed by atoms with Gasteiger partial charge in [-0.25, -0.2) is 0 Å². The maximum atomic E-state index is 12.7. The number of carbonyl (C=O) groups is 1. The van der Waals surface area contributed by atoms with Gasteiger partial charge < -0.3 is 0 Å². The van der Waals surface area contributed by atoms with E-state index in [-0.39, 0.29) is 12.8 Å². The Hall–Kier alpha value is -1.62. The molecule has 1 atom stereocenters. The van der Waals surface area contributed by atoms with Crippen LogP contribution in [0.5, 0.6) is 0 Å². The van der Waals surface area contributed by atoms with Gasteiger partial charge in [-0.1, -0.05) is 30.3 Å². The molecule has 0 aromatic heterocycles. The normalized spacial score (nSPS) is 23.1. The number of ether oxygens (including phenoxy) is 1. The summed E-state index contributed by atoms with van der Waals surface area (Å²) in [5.41, 5.74) is -0.794. The van der Waals surface area contributed by atoms with Crippen LogP contribution in [0.4, 0.5) is 13.2 Å². The molecule has 0 heterocycles. The Balaban J connectivity index is 2.47. The van der Waals surface area contributed by atoms with E-state index in [1.165, 1.54) is 6.08 Å². The number of hydrogen-bond acceptors (Lipinski definition) is 2. The van der Waals surface area contributed by atoms with Crippen LogP contribution < -0.4 is 0 Å². The number of alkyl halides is 3. The first-order chi connectivity index (χ1) is 9.38. The second kappa shape index (κ2) is 5.40. The summed E-state index contributed by atoms with van der Waals surface area (Å²) < 4.78 is 42.3. The molecule has 0 fully saturated rings. The van der Waals surface area contributed by atoms with Gasteiger partial charge in [-0.3, -0.25) is 9.53 Å². The minimum Gasteiger partial charge on any atom is -0.291 e. The van der Waals surface area contributed by atoms with Crippen molar-refractivity contribution in [1.29, 1.82) is 0 Å². The first-order valence-electron chi connectivity index (χ1n) is 6.38. The van der Waals surface area contributed by atoms with Crippen molar-refractivity contribution in [2.75, 3.05) is 0 Å².